The Morgan fingerprint density at radius 3 is 2.18 bits per heavy atom. The fourth-order valence-electron chi connectivity index (χ4n) is 2.56. The third-order valence-corrected chi connectivity index (χ3v) is 4.43. The lowest BCUT2D eigenvalue weighted by Crippen LogP contribution is -2.38. The zero-order valence-corrected chi connectivity index (χ0v) is 16.6. The highest BCUT2D eigenvalue weighted by molar-refractivity contribution is 6.38. The summed E-state index contributed by atoms with van der Waals surface area (Å²) in [7, 11) is 1.33. The van der Waals surface area contributed by atoms with Crippen LogP contribution in [0.15, 0.2) is 42.5 Å². The monoisotopic (exact) mass is 438 g/mol. The number of hydrogen-bond donors (Lipinski definition) is 3. The van der Waals surface area contributed by atoms with Gasteiger partial charge in [0.15, 0.2) is 0 Å². The first kappa shape index (κ1) is 20.0. The molecule has 144 valence electrons. The Hall–Kier alpha value is -2.74. The van der Waals surface area contributed by atoms with E-state index in [4.69, 9.17) is 34.8 Å². The average molecular weight is 440 g/mol. The molecule has 0 unspecified atom stereocenters. The molecule has 0 aliphatic rings. The first-order valence-electron chi connectivity index (χ1n) is 7.90. The molecular weight excluding hydrogens is 427 g/mol. The van der Waals surface area contributed by atoms with Crippen LogP contribution < -0.4 is 16.1 Å². The van der Waals surface area contributed by atoms with Crippen LogP contribution in [0.25, 0.3) is 10.9 Å². The highest BCUT2D eigenvalue weighted by atomic mass is 35.5. The van der Waals surface area contributed by atoms with Crippen molar-refractivity contribution >= 4 is 69.1 Å². The second-order valence-corrected chi connectivity index (χ2v) is 7.01. The Morgan fingerprint density at radius 1 is 0.857 bits per heavy atom. The molecule has 7 nitrogen and oxygen atoms in total. The van der Waals surface area contributed by atoms with Gasteiger partial charge in [-0.05, 0) is 42.5 Å². The van der Waals surface area contributed by atoms with E-state index in [1.54, 1.807) is 18.2 Å². The summed E-state index contributed by atoms with van der Waals surface area (Å²) in [6.45, 7) is 0. The summed E-state index contributed by atoms with van der Waals surface area (Å²) in [6.07, 6.45) is 0. The summed E-state index contributed by atoms with van der Waals surface area (Å²) in [5.41, 5.74) is 3.33. The Kier molecular flexibility index (Phi) is 5.79. The number of hydrogen-bond acceptors (Lipinski definition) is 3. The number of halogens is 3. The van der Waals surface area contributed by atoms with Crippen LogP contribution in [0.2, 0.25) is 15.1 Å². The molecule has 0 aliphatic heterocycles. The van der Waals surface area contributed by atoms with E-state index >= 15 is 0 Å². The number of aromatic nitrogens is 1. The maximum atomic E-state index is 12.8. The molecule has 10 heteroatoms. The molecule has 1 aromatic heterocycles. The van der Waals surface area contributed by atoms with Gasteiger partial charge >= 0.3 is 11.8 Å². The number of rotatable bonds is 3. The van der Waals surface area contributed by atoms with E-state index in [-0.39, 0.29) is 5.69 Å². The van der Waals surface area contributed by atoms with E-state index in [0.717, 1.165) is 0 Å². The highest BCUT2D eigenvalue weighted by Crippen LogP contribution is 2.25. The number of nitrogens with zero attached hydrogens (tertiary/aromatic N) is 1. The number of anilines is 1. The molecule has 28 heavy (non-hydrogen) atoms. The zero-order valence-electron chi connectivity index (χ0n) is 14.3. The molecule has 3 amide bonds. The van der Waals surface area contributed by atoms with Crippen molar-refractivity contribution in [1.29, 1.82) is 0 Å². The van der Waals surface area contributed by atoms with Crippen molar-refractivity contribution < 1.29 is 14.4 Å². The van der Waals surface area contributed by atoms with E-state index in [1.165, 1.54) is 36.0 Å². The third-order valence-electron chi connectivity index (χ3n) is 3.76. The van der Waals surface area contributed by atoms with Gasteiger partial charge in [-0.2, -0.15) is 0 Å². The quantitative estimate of drug-likeness (QED) is 0.544. The fraction of sp³-hybridized carbons (Fsp3) is 0.0556. The van der Waals surface area contributed by atoms with E-state index in [9.17, 15) is 14.4 Å². The molecular formula is C18H13Cl3N4O3. The van der Waals surface area contributed by atoms with Gasteiger partial charge in [-0.15, -0.1) is 0 Å². The van der Waals surface area contributed by atoms with Gasteiger partial charge in [0.1, 0.15) is 5.69 Å². The number of amides is 3. The lowest BCUT2D eigenvalue weighted by Gasteiger charge is -2.12. The number of benzene rings is 2. The smallest absolute Gasteiger partial charge is 0.328 e. The van der Waals surface area contributed by atoms with E-state index in [0.29, 0.717) is 31.7 Å². The van der Waals surface area contributed by atoms with Crippen LogP contribution in [0.3, 0.4) is 0 Å². The molecule has 2 aromatic carbocycles. The Morgan fingerprint density at radius 2 is 1.54 bits per heavy atom. The number of likely N-dealkylation sites (N-methyl/N-ethyl adjacent to an activating group) is 1. The van der Waals surface area contributed by atoms with Gasteiger partial charge in [-0.25, -0.2) is 4.68 Å². The van der Waals surface area contributed by atoms with Crippen molar-refractivity contribution in [3.8, 4) is 0 Å². The summed E-state index contributed by atoms with van der Waals surface area (Å²) in [6, 6.07) is 11.0. The number of fused-ring (bicyclic) bond motifs is 1. The summed E-state index contributed by atoms with van der Waals surface area (Å²) in [4.78, 5) is 36.5. The molecule has 0 spiro atoms. The SMILES string of the molecule is CNC(=O)C(=O)Nn1c(C(=O)Nc2cc(Cl)cc(Cl)c2)cc2cc(Cl)ccc21. The zero-order chi connectivity index (χ0) is 20.4. The number of carbonyl (C=O) groups is 3. The van der Waals surface area contributed by atoms with Gasteiger partial charge in [0.05, 0.1) is 5.52 Å². The molecule has 0 saturated carbocycles. The highest BCUT2D eigenvalue weighted by Gasteiger charge is 2.20. The normalized spacial score (nSPS) is 10.6. The topological polar surface area (TPSA) is 92.2 Å². The predicted molar refractivity (Wildman–Crippen MR) is 110 cm³/mol. The Labute approximate surface area is 174 Å². The molecule has 0 fully saturated rings. The molecule has 3 N–H and O–H groups in total. The number of carbonyl (C=O) groups excluding carboxylic acids is 3. The molecule has 0 atom stereocenters. The van der Waals surface area contributed by atoms with Crippen LogP contribution in [0, 0.1) is 0 Å². The van der Waals surface area contributed by atoms with Crippen molar-refractivity contribution in [3.05, 3.63) is 63.2 Å². The second kappa shape index (κ2) is 8.10. The molecule has 3 aromatic rings. The minimum absolute atomic E-state index is 0.0746. The van der Waals surface area contributed by atoms with Crippen LogP contribution in [0.1, 0.15) is 10.5 Å². The van der Waals surface area contributed by atoms with Crippen molar-refractivity contribution in [1.82, 2.24) is 9.99 Å². The maximum Gasteiger partial charge on any atom is 0.328 e. The molecule has 0 aliphatic carbocycles. The van der Waals surface area contributed by atoms with Crippen molar-refractivity contribution in [2.45, 2.75) is 0 Å². The first-order valence-corrected chi connectivity index (χ1v) is 9.03. The van der Waals surface area contributed by atoms with Crippen molar-refractivity contribution in [2.75, 3.05) is 17.8 Å². The van der Waals surface area contributed by atoms with Crippen LogP contribution in [0.5, 0.6) is 0 Å². The Balaban J connectivity index is 2.03. The Bertz CT molecular complexity index is 1090. The fourth-order valence-corrected chi connectivity index (χ4v) is 3.27. The van der Waals surface area contributed by atoms with Gasteiger partial charge in [0.2, 0.25) is 0 Å². The third kappa shape index (κ3) is 4.22. The minimum Gasteiger partial charge on any atom is -0.351 e. The van der Waals surface area contributed by atoms with Crippen LogP contribution in [0.4, 0.5) is 5.69 Å². The second-order valence-electron chi connectivity index (χ2n) is 5.70. The lowest BCUT2D eigenvalue weighted by molar-refractivity contribution is -0.136. The first-order chi connectivity index (χ1) is 13.3. The van der Waals surface area contributed by atoms with E-state index in [1.807, 2.05) is 0 Å². The predicted octanol–water partition coefficient (Wildman–Crippen LogP) is 3.67. The van der Waals surface area contributed by atoms with Gasteiger partial charge in [-0.3, -0.25) is 19.8 Å². The van der Waals surface area contributed by atoms with Gasteiger partial charge < -0.3 is 10.6 Å². The van der Waals surface area contributed by atoms with Crippen LogP contribution in [-0.4, -0.2) is 29.4 Å². The van der Waals surface area contributed by atoms with Gasteiger partial charge in [0.25, 0.3) is 5.91 Å². The minimum atomic E-state index is -0.935. The summed E-state index contributed by atoms with van der Waals surface area (Å²) in [5.74, 6) is -2.35. The van der Waals surface area contributed by atoms with Crippen LogP contribution in [-0.2, 0) is 9.59 Å². The molecule has 0 saturated heterocycles. The molecule has 1 heterocycles. The average Bonchev–Trinajstić information content (AvgIpc) is 2.97. The van der Waals surface area contributed by atoms with Gasteiger partial charge in [0, 0.05) is 33.2 Å². The summed E-state index contributed by atoms with van der Waals surface area (Å²) >= 11 is 17.9. The standard InChI is InChI=1S/C18H13Cl3N4O3/c1-22-17(27)18(28)24-25-14-3-2-10(19)4-9(14)5-15(25)16(26)23-13-7-11(20)6-12(21)8-13/h2-8H,1H3,(H,22,27)(H,23,26)(H,24,28). The number of nitrogens with one attached hydrogen (secondary N) is 3. The van der Waals surface area contributed by atoms with Gasteiger partial charge in [-0.1, -0.05) is 34.8 Å². The largest absolute Gasteiger partial charge is 0.351 e. The van der Waals surface area contributed by atoms with E-state index < -0.39 is 17.7 Å². The molecule has 0 bridgehead atoms. The molecule has 0 radical (unpaired) electrons. The van der Waals surface area contributed by atoms with Crippen molar-refractivity contribution in [3.63, 3.8) is 0 Å². The molecule has 3 rings (SSSR count). The summed E-state index contributed by atoms with van der Waals surface area (Å²) in [5, 5.41) is 6.63. The lowest BCUT2D eigenvalue weighted by atomic mass is 10.2. The van der Waals surface area contributed by atoms with Crippen LogP contribution >= 0.6 is 34.8 Å². The summed E-state index contributed by atoms with van der Waals surface area (Å²) < 4.78 is 1.21. The van der Waals surface area contributed by atoms with E-state index in [2.05, 4.69) is 16.1 Å². The maximum absolute atomic E-state index is 12.8. The van der Waals surface area contributed by atoms with Crippen molar-refractivity contribution in [2.24, 2.45) is 0 Å².